The molecule has 1 rings (SSSR count). The Morgan fingerprint density at radius 2 is 2.33 bits per heavy atom. The van der Waals surface area contributed by atoms with Crippen LogP contribution in [0.15, 0.2) is 0 Å². The first-order valence-electron chi connectivity index (χ1n) is 5.48. The van der Waals surface area contributed by atoms with E-state index >= 15 is 0 Å². The molecule has 0 spiro atoms. The van der Waals surface area contributed by atoms with Crippen LogP contribution in [0.5, 0.6) is 0 Å². The van der Waals surface area contributed by atoms with Crippen LogP contribution in [-0.4, -0.2) is 37.9 Å². The normalized spacial score (nSPS) is 26.4. The van der Waals surface area contributed by atoms with Crippen molar-refractivity contribution < 1.29 is 9.18 Å². The number of amides is 2. The van der Waals surface area contributed by atoms with E-state index in [2.05, 4.69) is 16.0 Å². The first-order chi connectivity index (χ1) is 7.09. The summed E-state index contributed by atoms with van der Waals surface area (Å²) in [5.74, 6) is 0.407. The molecule has 1 saturated heterocycles. The van der Waals surface area contributed by atoms with Gasteiger partial charge in [-0.15, -0.1) is 0 Å². The third kappa shape index (κ3) is 4.46. The monoisotopic (exact) mass is 217 g/mol. The van der Waals surface area contributed by atoms with Crippen LogP contribution in [-0.2, 0) is 0 Å². The average molecular weight is 217 g/mol. The van der Waals surface area contributed by atoms with Gasteiger partial charge in [-0.3, -0.25) is 0 Å². The van der Waals surface area contributed by atoms with Crippen molar-refractivity contribution in [1.29, 1.82) is 0 Å². The lowest BCUT2D eigenvalue weighted by Crippen LogP contribution is -2.53. The van der Waals surface area contributed by atoms with Crippen molar-refractivity contribution in [2.24, 2.45) is 5.92 Å². The topological polar surface area (TPSA) is 53.2 Å². The van der Waals surface area contributed by atoms with Crippen LogP contribution in [0, 0.1) is 5.92 Å². The van der Waals surface area contributed by atoms with Crippen LogP contribution in [0.3, 0.4) is 0 Å². The molecule has 4 nitrogen and oxygen atoms in total. The molecule has 2 amide bonds. The molecule has 0 bridgehead atoms. The summed E-state index contributed by atoms with van der Waals surface area (Å²) in [7, 11) is 0. The number of halogens is 1. The van der Waals surface area contributed by atoms with Gasteiger partial charge >= 0.3 is 6.03 Å². The molecule has 0 saturated carbocycles. The summed E-state index contributed by atoms with van der Waals surface area (Å²) >= 11 is 0. The van der Waals surface area contributed by atoms with Crippen molar-refractivity contribution in [3.05, 3.63) is 0 Å². The molecule has 0 aromatic carbocycles. The molecule has 88 valence electrons. The van der Waals surface area contributed by atoms with Crippen molar-refractivity contribution in [2.45, 2.75) is 32.5 Å². The first-order valence-corrected chi connectivity index (χ1v) is 5.48. The maximum Gasteiger partial charge on any atom is 0.315 e. The molecule has 15 heavy (non-hydrogen) atoms. The summed E-state index contributed by atoms with van der Waals surface area (Å²) in [6.07, 6.45) is -0.334. The van der Waals surface area contributed by atoms with E-state index in [9.17, 15) is 9.18 Å². The molecule has 2 atom stereocenters. The zero-order valence-corrected chi connectivity index (χ0v) is 9.35. The molecular weight excluding hydrogens is 197 g/mol. The highest BCUT2D eigenvalue weighted by atomic mass is 19.1. The Balaban J connectivity index is 2.24. The molecule has 3 N–H and O–H groups in total. The van der Waals surface area contributed by atoms with Gasteiger partial charge in [-0.05, 0) is 18.9 Å². The standard InChI is InChI=1S/C10H20FN3O/c1-7(2)5-13-10(15)14-9-3-4-12-6-8(9)11/h7-9,12H,3-6H2,1-2H3,(H2,13,14,15). The predicted molar refractivity (Wildman–Crippen MR) is 57.5 cm³/mol. The maximum atomic E-state index is 13.3. The number of carbonyl (C=O) groups excluding carboxylic acids is 1. The zero-order valence-electron chi connectivity index (χ0n) is 9.35. The van der Waals surface area contributed by atoms with E-state index < -0.39 is 6.17 Å². The van der Waals surface area contributed by atoms with Crippen LogP contribution in [0.2, 0.25) is 0 Å². The fraction of sp³-hybridized carbons (Fsp3) is 0.900. The number of urea groups is 1. The van der Waals surface area contributed by atoms with E-state index in [-0.39, 0.29) is 12.1 Å². The van der Waals surface area contributed by atoms with E-state index in [4.69, 9.17) is 0 Å². The van der Waals surface area contributed by atoms with Gasteiger partial charge in [-0.1, -0.05) is 13.8 Å². The van der Waals surface area contributed by atoms with Crippen LogP contribution < -0.4 is 16.0 Å². The number of carbonyl (C=O) groups is 1. The second-order valence-corrected chi connectivity index (χ2v) is 4.36. The van der Waals surface area contributed by atoms with Crippen LogP contribution >= 0.6 is 0 Å². The van der Waals surface area contributed by atoms with Gasteiger partial charge in [0.1, 0.15) is 6.17 Å². The highest BCUT2D eigenvalue weighted by molar-refractivity contribution is 5.74. The molecule has 0 aliphatic carbocycles. The smallest absolute Gasteiger partial charge is 0.315 e. The van der Waals surface area contributed by atoms with Crippen molar-refractivity contribution in [3.63, 3.8) is 0 Å². The molecular formula is C10H20FN3O. The van der Waals surface area contributed by atoms with Gasteiger partial charge in [0.25, 0.3) is 0 Å². The molecule has 1 aliphatic heterocycles. The number of nitrogens with one attached hydrogen (secondary N) is 3. The second-order valence-electron chi connectivity index (χ2n) is 4.36. The van der Waals surface area contributed by atoms with E-state index in [1.807, 2.05) is 13.8 Å². The van der Waals surface area contributed by atoms with E-state index in [1.165, 1.54) is 0 Å². The van der Waals surface area contributed by atoms with Crippen molar-refractivity contribution in [1.82, 2.24) is 16.0 Å². The SMILES string of the molecule is CC(C)CNC(=O)NC1CCNCC1F. The summed E-state index contributed by atoms with van der Waals surface area (Å²) in [5, 5.41) is 8.31. The second kappa shape index (κ2) is 5.90. The molecule has 0 radical (unpaired) electrons. The molecule has 5 heteroatoms. The molecule has 0 aromatic rings. The molecule has 1 heterocycles. The summed E-state index contributed by atoms with van der Waals surface area (Å²) in [5.41, 5.74) is 0. The van der Waals surface area contributed by atoms with Gasteiger partial charge < -0.3 is 16.0 Å². The Morgan fingerprint density at radius 3 is 2.93 bits per heavy atom. The highest BCUT2D eigenvalue weighted by Gasteiger charge is 2.25. The lowest BCUT2D eigenvalue weighted by molar-refractivity contribution is 0.192. The third-order valence-electron chi connectivity index (χ3n) is 2.40. The number of piperidine rings is 1. The van der Waals surface area contributed by atoms with Crippen molar-refractivity contribution >= 4 is 6.03 Å². The summed E-state index contributed by atoms with van der Waals surface area (Å²) in [6, 6.07) is -0.614. The Bertz CT molecular complexity index is 211. The van der Waals surface area contributed by atoms with Crippen LogP contribution in [0.25, 0.3) is 0 Å². The lowest BCUT2D eigenvalue weighted by Gasteiger charge is -2.27. The number of alkyl halides is 1. The molecule has 2 unspecified atom stereocenters. The third-order valence-corrected chi connectivity index (χ3v) is 2.40. The predicted octanol–water partition coefficient (Wildman–Crippen LogP) is 0.642. The van der Waals surface area contributed by atoms with Gasteiger partial charge in [0.05, 0.1) is 6.04 Å². The Kier molecular flexibility index (Phi) is 4.81. The van der Waals surface area contributed by atoms with Crippen LogP contribution in [0.4, 0.5) is 9.18 Å². The number of hydrogen-bond donors (Lipinski definition) is 3. The van der Waals surface area contributed by atoms with Crippen LogP contribution in [0.1, 0.15) is 20.3 Å². The quantitative estimate of drug-likeness (QED) is 0.650. The van der Waals surface area contributed by atoms with Crippen molar-refractivity contribution in [3.8, 4) is 0 Å². The highest BCUT2D eigenvalue weighted by Crippen LogP contribution is 2.06. The summed E-state index contributed by atoms with van der Waals surface area (Å²) in [6.45, 7) is 5.74. The van der Waals surface area contributed by atoms with E-state index in [1.54, 1.807) is 0 Å². The molecule has 1 fully saturated rings. The lowest BCUT2D eigenvalue weighted by atomic mass is 10.1. The minimum atomic E-state index is -0.983. The molecule has 0 aromatic heterocycles. The van der Waals surface area contributed by atoms with E-state index in [0.29, 0.717) is 25.4 Å². The van der Waals surface area contributed by atoms with Gasteiger partial charge in [0.2, 0.25) is 0 Å². The fourth-order valence-corrected chi connectivity index (χ4v) is 1.50. The van der Waals surface area contributed by atoms with Crippen molar-refractivity contribution in [2.75, 3.05) is 19.6 Å². The number of rotatable bonds is 3. The largest absolute Gasteiger partial charge is 0.338 e. The number of hydrogen-bond acceptors (Lipinski definition) is 2. The maximum absolute atomic E-state index is 13.3. The van der Waals surface area contributed by atoms with E-state index in [0.717, 1.165) is 6.54 Å². The van der Waals surface area contributed by atoms with Gasteiger partial charge in [-0.25, -0.2) is 9.18 Å². The van der Waals surface area contributed by atoms with Gasteiger partial charge in [0, 0.05) is 13.1 Å². The Hall–Kier alpha value is -0.840. The van der Waals surface area contributed by atoms with Gasteiger partial charge in [0.15, 0.2) is 0 Å². The summed E-state index contributed by atoms with van der Waals surface area (Å²) in [4.78, 5) is 11.4. The zero-order chi connectivity index (χ0) is 11.3. The minimum absolute atomic E-state index is 0.266. The summed E-state index contributed by atoms with van der Waals surface area (Å²) < 4.78 is 13.3. The Morgan fingerprint density at radius 1 is 1.60 bits per heavy atom. The van der Waals surface area contributed by atoms with Gasteiger partial charge in [-0.2, -0.15) is 0 Å². The molecule has 1 aliphatic rings. The fourth-order valence-electron chi connectivity index (χ4n) is 1.50. The average Bonchev–Trinajstić information content (AvgIpc) is 2.18. The first kappa shape index (κ1) is 12.2. The Labute approximate surface area is 90.0 Å². The minimum Gasteiger partial charge on any atom is -0.338 e.